The van der Waals surface area contributed by atoms with Crippen LogP contribution >= 0.6 is 0 Å². The van der Waals surface area contributed by atoms with Crippen LogP contribution in [0.3, 0.4) is 0 Å². The van der Waals surface area contributed by atoms with Crippen molar-refractivity contribution in [3.63, 3.8) is 0 Å². The highest BCUT2D eigenvalue weighted by atomic mass is 16.5. The molecular formula is C13H25N3O3. The Bertz CT molecular complexity index is 355. The van der Waals surface area contributed by atoms with E-state index in [-0.39, 0.29) is 6.04 Å². The molecule has 19 heavy (non-hydrogen) atoms. The lowest BCUT2D eigenvalue weighted by atomic mass is 10.4. The van der Waals surface area contributed by atoms with Gasteiger partial charge < -0.3 is 24.1 Å². The number of ether oxygens (including phenoxy) is 3. The van der Waals surface area contributed by atoms with Crippen molar-refractivity contribution >= 4 is 5.95 Å². The fourth-order valence-corrected chi connectivity index (χ4v) is 1.75. The van der Waals surface area contributed by atoms with Crippen molar-refractivity contribution < 1.29 is 14.2 Å². The third-order valence-corrected chi connectivity index (χ3v) is 2.60. The topological polar surface area (TPSA) is 57.5 Å². The van der Waals surface area contributed by atoms with Crippen LogP contribution in [0.5, 0.6) is 0 Å². The second-order valence-electron chi connectivity index (χ2n) is 4.51. The first-order valence-electron chi connectivity index (χ1n) is 6.53. The molecule has 0 aliphatic rings. The van der Waals surface area contributed by atoms with Crippen LogP contribution < -0.4 is 5.32 Å². The van der Waals surface area contributed by atoms with Crippen molar-refractivity contribution in [3.8, 4) is 0 Å². The van der Waals surface area contributed by atoms with Crippen molar-refractivity contribution in [2.75, 3.05) is 46.0 Å². The zero-order chi connectivity index (χ0) is 14.1. The van der Waals surface area contributed by atoms with E-state index in [0.29, 0.717) is 26.4 Å². The average molecular weight is 271 g/mol. The van der Waals surface area contributed by atoms with Crippen LogP contribution in [-0.2, 0) is 20.8 Å². The van der Waals surface area contributed by atoms with E-state index in [1.165, 1.54) is 0 Å². The maximum atomic E-state index is 5.47. The summed E-state index contributed by atoms with van der Waals surface area (Å²) >= 11 is 0. The van der Waals surface area contributed by atoms with Crippen LogP contribution in [0.25, 0.3) is 0 Å². The molecule has 0 amide bonds. The number of aromatic nitrogens is 2. The van der Waals surface area contributed by atoms with Crippen LogP contribution in [0.4, 0.5) is 5.95 Å². The zero-order valence-electron chi connectivity index (χ0n) is 12.3. The molecule has 0 saturated heterocycles. The molecule has 1 atom stereocenters. The Kier molecular flexibility index (Phi) is 7.47. The molecular weight excluding hydrogens is 246 g/mol. The van der Waals surface area contributed by atoms with E-state index in [4.69, 9.17) is 14.2 Å². The molecule has 1 aromatic heterocycles. The lowest BCUT2D eigenvalue weighted by molar-refractivity contribution is 0.0667. The number of nitrogens with zero attached hydrogens (tertiary/aromatic N) is 2. The summed E-state index contributed by atoms with van der Waals surface area (Å²) < 4.78 is 17.6. The van der Waals surface area contributed by atoms with Crippen molar-refractivity contribution in [1.29, 1.82) is 0 Å². The van der Waals surface area contributed by atoms with Gasteiger partial charge in [0.15, 0.2) is 0 Å². The third-order valence-electron chi connectivity index (χ3n) is 2.60. The Morgan fingerprint density at radius 3 is 2.74 bits per heavy atom. The summed E-state index contributed by atoms with van der Waals surface area (Å²) in [6, 6.07) is 0.222. The van der Waals surface area contributed by atoms with Crippen molar-refractivity contribution in [2.24, 2.45) is 0 Å². The number of anilines is 1. The Balaban J connectivity index is 2.43. The second-order valence-corrected chi connectivity index (χ2v) is 4.51. The summed E-state index contributed by atoms with van der Waals surface area (Å²) in [6.45, 7) is 7.35. The Hall–Kier alpha value is -1.11. The van der Waals surface area contributed by atoms with Crippen molar-refractivity contribution in [2.45, 2.75) is 26.4 Å². The summed E-state index contributed by atoms with van der Waals surface area (Å²) in [6.07, 6.45) is 2.02. The molecule has 1 heterocycles. The first-order valence-corrected chi connectivity index (χ1v) is 6.53. The first kappa shape index (κ1) is 15.9. The Morgan fingerprint density at radius 1 is 1.26 bits per heavy atom. The predicted octanol–water partition coefficient (Wildman–Crippen LogP) is 1.30. The number of hydrogen-bond donors (Lipinski definition) is 1. The number of nitrogens with one attached hydrogen (secondary N) is 1. The second kappa shape index (κ2) is 8.90. The zero-order valence-corrected chi connectivity index (χ0v) is 12.3. The molecule has 0 aliphatic carbocycles. The maximum Gasteiger partial charge on any atom is 0.203 e. The SMILES string of the molecule is COCCOCCn1cc(C)nc1NC(C)COC. The molecule has 0 fully saturated rings. The molecule has 0 radical (unpaired) electrons. The summed E-state index contributed by atoms with van der Waals surface area (Å²) in [5, 5.41) is 3.33. The number of hydrogen-bond acceptors (Lipinski definition) is 5. The van der Waals surface area contributed by atoms with E-state index in [9.17, 15) is 0 Å². The van der Waals surface area contributed by atoms with Crippen molar-refractivity contribution in [3.05, 3.63) is 11.9 Å². The van der Waals surface area contributed by atoms with Crippen LogP contribution in [0.15, 0.2) is 6.20 Å². The molecule has 6 heteroatoms. The minimum atomic E-state index is 0.222. The lowest BCUT2D eigenvalue weighted by Crippen LogP contribution is -2.23. The summed E-state index contributed by atoms with van der Waals surface area (Å²) in [5.41, 5.74) is 0.990. The largest absolute Gasteiger partial charge is 0.383 e. The molecule has 1 N–H and O–H groups in total. The Labute approximate surface area is 115 Å². The van der Waals surface area contributed by atoms with Gasteiger partial charge in [0.1, 0.15) is 0 Å². The summed E-state index contributed by atoms with van der Waals surface area (Å²) in [5.74, 6) is 0.859. The van der Waals surface area contributed by atoms with Gasteiger partial charge in [-0.2, -0.15) is 0 Å². The van der Waals surface area contributed by atoms with E-state index in [1.807, 2.05) is 13.1 Å². The fourth-order valence-electron chi connectivity index (χ4n) is 1.75. The highest BCUT2D eigenvalue weighted by Gasteiger charge is 2.08. The van der Waals surface area contributed by atoms with Gasteiger partial charge in [-0.25, -0.2) is 4.98 Å². The van der Waals surface area contributed by atoms with Gasteiger partial charge in [0.25, 0.3) is 0 Å². The average Bonchev–Trinajstić information content (AvgIpc) is 2.69. The van der Waals surface area contributed by atoms with Gasteiger partial charge in [0.05, 0.1) is 32.1 Å². The van der Waals surface area contributed by atoms with E-state index in [0.717, 1.165) is 18.2 Å². The standard InChI is InChI=1S/C13H25N3O3/c1-11-9-16(5-6-19-8-7-17-3)13(14-11)15-12(2)10-18-4/h9,12H,5-8,10H2,1-4H3,(H,14,15). The molecule has 1 aromatic rings. The van der Waals surface area contributed by atoms with Crippen LogP contribution in [0.1, 0.15) is 12.6 Å². The van der Waals surface area contributed by atoms with Gasteiger partial charge in [-0.05, 0) is 13.8 Å². The Morgan fingerprint density at radius 2 is 2.05 bits per heavy atom. The maximum absolute atomic E-state index is 5.47. The fraction of sp³-hybridized carbons (Fsp3) is 0.769. The van der Waals surface area contributed by atoms with E-state index >= 15 is 0 Å². The highest BCUT2D eigenvalue weighted by Crippen LogP contribution is 2.09. The van der Waals surface area contributed by atoms with Gasteiger partial charge in [-0.3, -0.25) is 0 Å². The minimum absolute atomic E-state index is 0.222. The van der Waals surface area contributed by atoms with Gasteiger partial charge in [-0.15, -0.1) is 0 Å². The number of methoxy groups -OCH3 is 2. The van der Waals surface area contributed by atoms with Crippen molar-refractivity contribution in [1.82, 2.24) is 9.55 Å². The monoisotopic (exact) mass is 271 g/mol. The third kappa shape index (κ3) is 6.04. The minimum Gasteiger partial charge on any atom is -0.383 e. The van der Waals surface area contributed by atoms with E-state index < -0.39 is 0 Å². The van der Waals surface area contributed by atoms with Gasteiger partial charge in [0, 0.05) is 33.0 Å². The van der Waals surface area contributed by atoms with Crippen LogP contribution in [-0.4, -0.2) is 56.2 Å². The van der Waals surface area contributed by atoms with E-state index in [1.54, 1.807) is 14.2 Å². The van der Waals surface area contributed by atoms with Gasteiger partial charge >= 0.3 is 0 Å². The molecule has 0 spiro atoms. The quantitative estimate of drug-likeness (QED) is 0.650. The summed E-state index contributed by atoms with van der Waals surface area (Å²) in [4.78, 5) is 4.46. The predicted molar refractivity (Wildman–Crippen MR) is 74.6 cm³/mol. The molecule has 0 bridgehead atoms. The van der Waals surface area contributed by atoms with Crippen LogP contribution in [0, 0.1) is 6.92 Å². The molecule has 0 aliphatic heterocycles. The normalized spacial score (nSPS) is 12.6. The van der Waals surface area contributed by atoms with Gasteiger partial charge in [-0.1, -0.05) is 0 Å². The number of rotatable bonds is 10. The van der Waals surface area contributed by atoms with E-state index in [2.05, 4.69) is 21.8 Å². The van der Waals surface area contributed by atoms with Gasteiger partial charge in [0.2, 0.25) is 5.95 Å². The number of imidazole rings is 1. The molecule has 1 unspecified atom stereocenters. The molecule has 1 rings (SSSR count). The van der Waals surface area contributed by atoms with Crippen LogP contribution in [0.2, 0.25) is 0 Å². The molecule has 0 aromatic carbocycles. The first-order chi connectivity index (χ1) is 9.17. The smallest absolute Gasteiger partial charge is 0.203 e. The lowest BCUT2D eigenvalue weighted by Gasteiger charge is -2.15. The molecule has 0 saturated carbocycles. The number of aryl methyl sites for hydroxylation is 1. The summed E-state index contributed by atoms with van der Waals surface area (Å²) in [7, 11) is 3.36. The molecule has 6 nitrogen and oxygen atoms in total. The highest BCUT2D eigenvalue weighted by molar-refractivity contribution is 5.30. The molecule has 110 valence electrons.